The van der Waals surface area contributed by atoms with E-state index in [1.54, 1.807) is 0 Å². The van der Waals surface area contributed by atoms with Gasteiger partial charge in [-0.3, -0.25) is 0 Å². The average Bonchev–Trinajstić information content (AvgIpc) is 2.80. The van der Waals surface area contributed by atoms with Gasteiger partial charge in [0.25, 0.3) is 0 Å². The van der Waals surface area contributed by atoms with Crippen molar-refractivity contribution >= 4 is 22.6 Å². The Morgan fingerprint density at radius 1 is 1.40 bits per heavy atom. The summed E-state index contributed by atoms with van der Waals surface area (Å²) in [5.41, 5.74) is 3.47. The van der Waals surface area contributed by atoms with Crippen molar-refractivity contribution in [2.45, 2.75) is 45.7 Å². The second-order valence-corrected chi connectivity index (χ2v) is 5.81. The molecule has 0 N–H and O–H groups in total. The summed E-state index contributed by atoms with van der Waals surface area (Å²) in [5, 5.41) is 0. The van der Waals surface area contributed by atoms with E-state index in [0.29, 0.717) is 11.9 Å². The standard InChI is InChI=1S/C16H24ClN3/c1-5-13(3)19(4)8-9-20-15-7-6-12(2)10-14(15)18-16(20)11-17/h6-7,10,13H,5,8-9,11H2,1-4H3. The van der Waals surface area contributed by atoms with Gasteiger partial charge in [0.1, 0.15) is 5.82 Å². The smallest absolute Gasteiger partial charge is 0.124 e. The van der Waals surface area contributed by atoms with Gasteiger partial charge in [-0.25, -0.2) is 4.98 Å². The fourth-order valence-electron chi connectivity index (χ4n) is 2.43. The van der Waals surface area contributed by atoms with Crippen LogP contribution in [0, 0.1) is 6.92 Å². The van der Waals surface area contributed by atoms with Crippen molar-refractivity contribution in [1.29, 1.82) is 0 Å². The van der Waals surface area contributed by atoms with Crippen LogP contribution in [0.5, 0.6) is 0 Å². The third kappa shape index (κ3) is 3.15. The molecular formula is C16H24ClN3. The van der Waals surface area contributed by atoms with Crippen molar-refractivity contribution < 1.29 is 0 Å². The highest BCUT2D eigenvalue weighted by Gasteiger charge is 2.12. The van der Waals surface area contributed by atoms with Gasteiger partial charge in [-0.1, -0.05) is 13.0 Å². The predicted octanol–water partition coefficient (Wildman–Crippen LogP) is 3.81. The molecule has 0 aliphatic heterocycles. The summed E-state index contributed by atoms with van der Waals surface area (Å²) in [6.07, 6.45) is 1.17. The van der Waals surface area contributed by atoms with E-state index >= 15 is 0 Å². The van der Waals surface area contributed by atoms with Gasteiger partial charge in [-0.2, -0.15) is 0 Å². The van der Waals surface area contributed by atoms with Crippen LogP contribution < -0.4 is 0 Å². The Morgan fingerprint density at radius 3 is 2.80 bits per heavy atom. The molecule has 0 aliphatic rings. The van der Waals surface area contributed by atoms with Gasteiger partial charge in [0.2, 0.25) is 0 Å². The molecule has 0 radical (unpaired) electrons. The van der Waals surface area contributed by atoms with Crippen molar-refractivity contribution in [2.24, 2.45) is 0 Å². The Morgan fingerprint density at radius 2 is 2.15 bits per heavy atom. The SMILES string of the molecule is CCC(C)N(C)CCn1c(CCl)nc2cc(C)ccc21. The first-order chi connectivity index (χ1) is 9.56. The van der Waals surface area contributed by atoms with Gasteiger partial charge >= 0.3 is 0 Å². The fourth-order valence-corrected chi connectivity index (χ4v) is 2.64. The van der Waals surface area contributed by atoms with Crippen molar-refractivity contribution in [2.75, 3.05) is 13.6 Å². The Hall–Kier alpha value is -1.06. The summed E-state index contributed by atoms with van der Waals surface area (Å²) in [5.74, 6) is 1.42. The van der Waals surface area contributed by atoms with E-state index in [1.165, 1.54) is 17.5 Å². The zero-order valence-corrected chi connectivity index (χ0v) is 13.6. The number of hydrogen-bond donors (Lipinski definition) is 0. The molecule has 4 heteroatoms. The Labute approximate surface area is 126 Å². The fraction of sp³-hybridized carbons (Fsp3) is 0.562. The molecule has 1 heterocycles. The summed E-state index contributed by atoms with van der Waals surface area (Å²) in [6, 6.07) is 7.01. The number of rotatable bonds is 6. The second kappa shape index (κ2) is 6.59. The Bertz CT molecular complexity index is 576. The van der Waals surface area contributed by atoms with Crippen molar-refractivity contribution in [3.63, 3.8) is 0 Å². The summed E-state index contributed by atoms with van der Waals surface area (Å²) < 4.78 is 2.25. The molecule has 0 spiro atoms. The molecule has 0 saturated heterocycles. The lowest BCUT2D eigenvalue weighted by Crippen LogP contribution is -2.31. The number of nitrogens with zero attached hydrogens (tertiary/aromatic N) is 3. The number of hydrogen-bond acceptors (Lipinski definition) is 2. The first-order valence-corrected chi connectivity index (χ1v) is 7.82. The molecule has 1 aromatic carbocycles. The molecule has 20 heavy (non-hydrogen) atoms. The summed E-state index contributed by atoms with van der Waals surface area (Å²) in [6.45, 7) is 8.52. The molecule has 0 saturated carbocycles. The van der Waals surface area contributed by atoms with Crippen molar-refractivity contribution in [3.8, 4) is 0 Å². The molecule has 1 atom stereocenters. The van der Waals surface area contributed by atoms with E-state index in [2.05, 4.69) is 60.5 Å². The van der Waals surface area contributed by atoms with Crippen LogP contribution in [0.3, 0.4) is 0 Å². The highest BCUT2D eigenvalue weighted by Crippen LogP contribution is 2.19. The normalized spacial score (nSPS) is 13.3. The molecule has 3 nitrogen and oxygen atoms in total. The summed E-state index contributed by atoms with van der Waals surface area (Å²) in [4.78, 5) is 7.03. The van der Waals surface area contributed by atoms with Crippen LogP contribution in [0.1, 0.15) is 31.7 Å². The first kappa shape index (κ1) is 15.3. The highest BCUT2D eigenvalue weighted by atomic mass is 35.5. The number of aryl methyl sites for hydroxylation is 1. The maximum absolute atomic E-state index is 6.05. The van der Waals surface area contributed by atoms with E-state index < -0.39 is 0 Å². The topological polar surface area (TPSA) is 21.1 Å². The molecule has 0 aliphatic carbocycles. The van der Waals surface area contributed by atoms with E-state index in [9.17, 15) is 0 Å². The van der Waals surface area contributed by atoms with Gasteiger partial charge in [-0.15, -0.1) is 11.6 Å². The van der Waals surface area contributed by atoms with Crippen LogP contribution in [0.25, 0.3) is 11.0 Å². The molecule has 1 unspecified atom stereocenters. The van der Waals surface area contributed by atoms with Crippen molar-refractivity contribution in [3.05, 3.63) is 29.6 Å². The highest BCUT2D eigenvalue weighted by molar-refractivity contribution is 6.16. The van der Waals surface area contributed by atoms with Gasteiger partial charge in [0, 0.05) is 19.1 Å². The van der Waals surface area contributed by atoms with E-state index in [1.807, 2.05) is 0 Å². The third-order valence-electron chi connectivity index (χ3n) is 4.12. The Kier molecular flexibility index (Phi) is 5.06. The van der Waals surface area contributed by atoms with Crippen LogP contribution >= 0.6 is 11.6 Å². The Balaban J connectivity index is 2.24. The molecular weight excluding hydrogens is 270 g/mol. The second-order valence-electron chi connectivity index (χ2n) is 5.54. The summed E-state index contributed by atoms with van der Waals surface area (Å²) >= 11 is 6.05. The number of halogens is 1. The van der Waals surface area contributed by atoms with Gasteiger partial charge in [-0.05, 0) is 45.0 Å². The number of imidazole rings is 1. The molecule has 2 rings (SSSR count). The van der Waals surface area contributed by atoms with Crippen LogP contribution in [0.4, 0.5) is 0 Å². The molecule has 0 bridgehead atoms. The lowest BCUT2D eigenvalue weighted by Gasteiger charge is -2.24. The lowest BCUT2D eigenvalue weighted by atomic mass is 10.2. The van der Waals surface area contributed by atoms with Crippen LogP contribution in [0.2, 0.25) is 0 Å². The van der Waals surface area contributed by atoms with Gasteiger partial charge in [0.05, 0.1) is 16.9 Å². The zero-order chi connectivity index (χ0) is 14.7. The number of aromatic nitrogens is 2. The number of fused-ring (bicyclic) bond motifs is 1. The van der Waals surface area contributed by atoms with E-state index in [0.717, 1.165) is 24.4 Å². The molecule has 1 aromatic heterocycles. The van der Waals surface area contributed by atoms with E-state index in [-0.39, 0.29) is 0 Å². The first-order valence-electron chi connectivity index (χ1n) is 7.28. The van der Waals surface area contributed by atoms with Gasteiger partial charge < -0.3 is 9.47 Å². The maximum Gasteiger partial charge on any atom is 0.124 e. The predicted molar refractivity (Wildman–Crippen MR) is 86.4 cm³/mol. The largest absolute Gasteiger partial charge is 0.326 e. The van der Waals surface area contributed by atoms with Gasteiger partial charge in [0.15, 0.2) is 0 Å². The number of benzene rings is 1. The lowest BCUT2D eigenvalue weighted by molar-refractivity contribution is 0.243. The minimum absolute atomic E-state index is 0.459. The maximum atomic E-state index is 6.05. The molecule has 0 amide bonds. The molecule has 2 aromatic rings. The van der Waals surface area contributed by atoms with Crippen molar-refractivity contribution in [1.82, 2.24) is 14.5 Å². The monoisotopic (exact) mass is 293 g/mol. The number of likely N-dealkylation sites (N-methyl/N-ethyl adjacent to an activating group) is 1. The van der Waals surface area contributed by atoms with Crippen LogP contribution in [-0.2, 0) is 12.4 Å². The summed E-state index contributed by atoms with van der Waals surface area (Å²) in [7, 11) is 2.18. The molecule has 110 valence electrons. The molecule has 0 fully saturated rings. The minimum Gasteiger partial charge on any atom is -0.326 e. The number of alkyl halides is 1. The minimum atomic E-state index is 0.459. The zero-order valence-electron chi connectivity index (χ0n) is 12.9. The van der Waals surface area contributed by atoms with E-state index in [4.69, 9.17) is 11.6 Å². The average molecular weight is 294 g/mol. The van der Waals surface area contributed by atoms with Crippen LogP contribution in [0.15, 0.2) is 18.2 Å². The van der Waals surface area contributed by atoms with Crippen LogP contribution in [-0.4, -0.2) is 34.1 Å². The third-order valence-corrected chi connectivity index (χ3v) is 4.36. The quantitative estimate of drug-likeness (QED) is 0.755.